The molecule has 7 heteroatoms. The first kappa shape index (κ1) is 15.0. The molecule has 0 atom stereocenters. The molecule has 3 aromatic rings. The fraction of sp³-hybridized carbons (Fsp3) is 0.125. The Labute approximate surface area is 130 Å². The normalized spacial score (nSPS) is 10.7. The number of hydrogen-bond acceptors (Lipinski definition) is 3. The van der Waals surface area contributed by atoms with Crippen molar-refractivity contribution < 1.29 is 18.3 Å². The van der Waals surface area contributed by atoms with Crippen LogP contribution in [0.3, 0.4) is 0 Å². The molecule has 1 N–H and O–H groups in total. The van der Waals surface area contributed by atoms with Gasteiger partial charge in [-0.1, -0.05) is 0 Å². The highest BCUT2D eigenvalue weighted by Crippen LogP contribution is 2.19. The van der Waals surface area contributed by atoms with Gasteiger partial charge < -0.3 is 14.5 Å². The Bertz CT molecular complexity index is 877. The first-order valence-corrected chi connectivity index (χ1v) is 6.85. The fourth-order valence-corrected chi connectivity index (χ4v) is 2.15. The molecule has 0 fully saturated rings. The number of aromatic nitrogens is 2. The Morgan fingerprint density at radius 2 is 2.17 bits per heavy atom. The third kappa shape index (κ3) is 3.28. The van der Waals surface area contributed by atoms with Gasteiger partial charge in [0.15, 0.2) is 18.0 Å². The average molecular weight is 317 g/mol. The van der Waals surface area contributed by atoms with E-state index in [0.29, 0.717) is 11.4 Å². The monoisotopic (exact) mass is 317 g/mol. The fourth-order valence-electron chi connectivity index (χ4n) is 2.15. The number of amides is 1. The van der Waals surface area contributed by atoms with Crippen molar-refractivity contribution in [1.29, 1.82) is 0 Å². The van der Waals surface area contributed by atoms with Crippen molar-refractivity contribution in [2.24, 2.45) is 0 Å². The zero-order chi connectivity index (χ0) is 16.4. The lowest BCUT2D eigenvalue weighted by Crippen LogP contribution is -2.21. The van der Waals surface area contributed by atoms with E-state index < -0.39 is 17.5 Å². The molecule has 0 bridgehead atoms. The highest BCUT2D eigenvalue weighted by molar-refractivity contribution is 5.92. The summed E-state index contributed by atoms with van der Waals surface area (Å²) in [5.41, 5.74) is 1.16. The van der Waals surface area contributed by atoms with Gasteiger partial charge in [0.1, 0.15) is 11.6 Å². The number of pyridine rings is 1. The molecule has 2 aromatic heterocycles. The number of hydrogen-bond donors (Lipinski definition) is 1. The molecule has 0 aliphatic heterocycles. The molecule has 2 heterocycles. The molecule has 5 nitrogen and oxygen atoms in total. The van der Waals surface area contributed by atoms with Crippen LogP contribution >= 0.6 is 0 Å². The summed E-state index contributed by atoms with van der Waals surface area (Å²) in [6.45, 7) is 1.50. The largest absolute Gasteiger partial charge is 0.480 e. The Morgan fingerprint density at radius 3 is 3.00 bits per heavy atom. The maximum Gasteiger partial charge on any atom is 0.262 e. The molecular formula is C16H13F2N3O2. The number of imidazole rings is 1. The smallest absolute Gasteiger partial charge is 0.262 e. The zero-order valence-electron chi connectivity index (χ0n) is 12.2. The molecule has 118 valence electrons. The summed E-state index contributed by atoms with van der Waals surface area (Å²) in [7, 11) is 0. The molecule has 0 aliphatic carbocycles. The van der Waals surface area contributed by atoms with Gasteiger partial charge in [0.25, 0.3) is 5.91 Å². The van der Waals surface area contributed by atoms with Crippen LogP contribution in [0, 0.1) is 18.6 Å². The third-order valence-corrected chi connectivity index (χ3v) is 3.13. The number of rotatable bonds is 4. The molecule has 3 rings (SSSR count). The van der Waals surface area contributed by atoms with Gasteiger partial charge in [-0.05, 0) is 31.2 Å². The Morgan fingerprint density at radius 1 is 1.35 bits per heavy atom. The highest BCUT2D eigenvalue weighted by atomic mass is 19.1. The van der Waals surface area contributed by atoms with Crippen molar-refractivity contribution in [3.8, 4) is 5.75 Å². The van der Waals surface area contributed by atoms with E-state index in [0.717, 1.165) is 23.9 Å². The van der Waals surface area contributed by atoms with Gasteiger partial charge in [0.05, 0.1) is 11.4 Å². The van der Waals surface area contributed by atoms with E-state index in [4.69, 9.17) is 4.74 Å². The van der Waals surface area contributed by atoms with Crippen molar-refractivity contribution in [3.63, 3.8) is 0 Å². The molecule has 0 saturated heterocycles. The molecule has 0 aliphatic rings. The maximum atomic E-state index is 13.5. The predicted molar refractivity (Wildman–Crippen MR) is 80.4 cm³/mol. The number of anilines is 1. The first-order chi connectivity index (χ1) is 11.0. The van der Waals surface area contributed by atoms with Gasteiger partial charge in [0.2, 0.25) is 0 Å². The molecule has 0 unspecified atom stereocenters. The second-order valence-corrected chi connectivity index (χ2v) is 4.95. The van der Waals surface area contributed by atoms with Crippen LogP contribution in [0.15, 0.2) is 42.7 Å². The predicted octanol–water partition coefficient (Wildman–Crippen LogP) is 2.94. The summed E-state index contributed by atoms with van der Waals surface area (Å²) in [5.74, 6) is -1.53. The average Bonchev–Trinajstić information content (AvgIpc) is 2.89. The molecule has 0 saturated carbocycles. The Kier molecular flexibility index (Phi) is 3.92. The number of halogens is 2. The van der Waals surface area contributed by atoms with Crippen molar-refractivity contribution >= 4 is 17.2 Å². The molecule has 0 radical (unpaired) electrons. The van der Waals surface area contributed by atoms with Gasteiger partial charge in [-0.2, -0.15) is 0 Å². The minimum atomic E-state index is -0.717. The van der Waals surface area contributed by atoms with Crippen LogP contribution in [0.2, 0.25) is 0 Å². The SMILES string of the molecule is Cc1cn2cccc(OCC(=O)Nc3cc(F)ccc3F)c2n1. The zero-order valence-corrected chi connectivity index (χ0v) is 12.2. The van der Waals surface area contributed by atoms with Crippen LogP contribution in [0.25, 0.3) is 5.65 Å². The van der Waals surface area contributed by atoms with Gasteiger partial charge in [0, 0.05) is 18.5 Å². The highest BCUT2D eigenvalue weighted by Gasteiger charge is 2.11. The number of aryl methyl sites for hydroxylation is 1. The minimum Gasteiger partial charge on any atom is -0.480 e. The third-order valence-electron chi connectivity index (χ3n) is 3.13. The van der Waals surface area contributed by atoms with Crippen LogP contribution in [0.4, 0.5) is 14.5 Å². The van der Waals surface area contributed by atoms with Crippen molar-refractivity contribution in [2.45, 2.75) is 6.92 Å². The van der Waals surface area contributed by atoms with E-state index in [1.807, 2.05) is 19.3 Å². The molecule has 1 amide bonds. The Balaban J connectivity index is 1.70. The number of ether oxygens (including phenoxy) is 1. The van der Waals surface area contributed by atoms with Crippen molar-refractivity contribution in [1.82, 2.24) is 9.38 Å². The lowest BCUT2D eigenvalue weighted by atomic mass is 10.3. The number of nitrogens with one attached hydrogen (secondary N) is 1. The van der Waals surface area contributed by atoms with Gasteiger partial charge in [-0.15, -0.1) is 0 Å². The number of benzene rings is 1. The van der Waals surface area contributed by atoms with Crippen LogP contribution in [0.1, 0.15) is 5.69 Å². The van der Waals surface area contributed by atoms with Gasteiger partial charge in [-0.3, -0.25) is 4.79 Å². The first-order valence-electron chi connectivity index (χ1n) is 6.85. The van der Waals surface area contributed by atoms with E-state index in [1.165, 1.54) is 0 Å². The second-order valence-electron chi connectivity index (χ2n) is 4.95. The van der Waals surface area contributed by atoms with Crippen molar-refractivity contribution in [2.75, 3.05) is 11.9 Å². The second kappa shape index (κ2) is 6.04. The summed E-state index contributed by atoms with van der Waals surface area (Å²) in [4.78, 5) is 16.1. The lowest BCUT2D eigenvalue weighted by molar-refractivity contribution is -0.118. The number of fused-ring (bicyclic) bond motifs is 1. The van der Waals surface area contributed by atoms with E-state index in [9.17, 15) is 13.6 Å². The summed E-state index contributed by atoms with van der Waals surface area (Å²) in [6, 6.07) is 6.26. The summed E-state index contributed by atoms with van der Waals surface area (Å²) < 4.78 is 33.7. The molecule has 1 aromatic carbocycles. The number of nitrogens with zero attached hydrogens (tertiary/aromatic N) is 2. The van der Waals surface area contributed by atoms with Gasteiger partial charge >= 0.3 is 0 Å². The Hall–Kier alpha value is -2.96. The van der Waals surface area contributed by atoms with Gasteiger partial charge in [-0.25, -0.2) is 13.8 Å². The minimum absolute atomic E-state index is 0.228. The topological polar surface area (TPSA) is 55.6 Å². The molecule has 0 spiro atoms. The van der Waals surface area contributed by atoms with E-state index in [1.54, 1.807) is 16.5 Å². The molecule has 23 heavy (non-hydrogen) atoms. The quantitative estimate of drug-likeness (QED) is 0.805. The van der Waals surface area contributed by atoms with Crippen LogP contribution < -0.4 is 10.1 Å². The standard InChI is InChI=1S/C16H13F2N3O2/c1-10-8-21-6-2-3-14(16(21)19-10)23-9-15(22)20-13-7-11(17)4-5-12(13)18/h2-8H,9H2,1H3,(H,20,22). The van der Waals surface area contributed by atoms with Crippen LogP contribution in [0.5, 0.6) is 5.75 Å². The van der Waals surface area contributed by atoms with Crippen molar-refractivity contribution in [3.05, 3.63) is 60.1 Å². The number of carbonyl (C=O) groups excluding carboxylic acids is 1. The number of carbonyl (C=O) groups is 1. The summed E-state index contributed by atoms with van der Waals surface area (Å²) in [5, 5.41) is 2.27. The van der Waals surface area contributed by atoms with Crippen LogP contribution in [-0.2, 0) is 4.79 Å². The summed E-state index contributed by atoms with van der Waals surface area (Å²) >= 11 is 0. The van der Waals surface area contributed by atoms with E-state index >= 15 is 0 Å². The van der Waals surface area contributed by atoms with E-state index in [-0.39, 0.29) is 12.3 Å². The maximum absolute atomic E-state index is 13.5. The van der Waals surface area contributed by atoms with E-state index in [2.05, 4.69) is 10.3 Å². The lowest BCUT2D eigenvalue weighted by Gasteiger charge is -2.09. The summed E-state index contributed by atoms with van der Waals surface area (Å²) in [6.07, 6.45) is 3.63. The van der Waals surface area contributed by atoms with Crippen LogP contribution in [-0.4, -0.2) is 21.9 Å². The molecular weight excluding hydrogens is 304 g/mol.